The Morgan fingerprint density at radius 2 is 1.91 bits per heavy atom. The van der Waals surface area contributed by atoms with Crippen LogP contribution in [0.2, 0.25) is 0 Å². The van der Waals surface area contributed by atoms with E-state index in [1.807, 2.05) is 13.8 Å². The van der Waals surface area contributed by atoms with Gasteiger partial charge in [0.25, 0.3) is 0 Å². The number of guanidine groups is 1. The molecule has 1 unspecified atom stereocenters. The third kappa shape index (κ3) is 8.22. The van der Waals surface area contributed by atoms with Gasteiger partial charge in [0.1, 0.15) is 0 Å². The maximum atomic E-state index is 11.3. The summed E-state index contributed by atoms with van der Waals surface area (Å²) in [5.41, 5.74) is 4.73. The van der Waals surface area contributed by atoms with Crippen molar-refractivity contribution in [2.24, 2.45) is 22.1 Å². The summed E-state index contributed by atoms with van der Waals surface area (Å²) in [7, 11) is 0. The summed E-state index contributed by atoms with van der Waals surface area (Å²) < 4.78 is 5.73. The second-order valence-corrected chi connectivity index (χ2v) is 6.40. The van der Waals surface area contributed by atoms with Crippen molar-refractivity contribution in [3.63, 3.8) is 0 Å². The number of nitrogens with two attached hydrogens (primary N) is 1. The number of hydrogen-bond donors (Lipinski definition) is 3. The summed E-state index contributed by atoms with van der Waals surface area (Å²) in [6.45, 7) is 14.6. The first kappa shape index (κ1) is 20.7. The van der Waals surface area contributed by atoms with Gasteiger partial charge in [-0.15, -0.1) is 0 Å². The van der Waals surface area contributed by atoms with Gasteiger partial charge in [-0.1, -0.05) is 13.8 Å². The van der Waals surface area contributed by atoms with Crippen molar-refractivity contribution in [3.8, 4) is 0 Å². The molecule has 0 aliphatic rings. The van der Waals surface area contributed by atoms with Crippen LogP contribution in [-0.2, 0) is 9.53 Å². The highest BCUT2D eigenvalue weighted by Gasteiger charge is 2.24. The lowest BCUT2D eigenvalue weighted by Gasteiger charge is -2.22. The zero-order valence-electron chi connectivity index (χ0n) is 15.0. The number of ether oxygens (including phenoxy) is 1. The van der Waals surface area contributed by atoms with Gasteiger partial charge in [-0.05, 0) is 40.0 Å². The van der Waals surface area contributed by atoms with Crippen molar-refractivity contribution in [1.82, 2.24) is 10.6 Å². The molecule has 0 spiro atoms. The molecule has 6 nitrogen and oxygen atoms in total. The van der Waals surface area contributed by atoms with Crippen LogP contribution in [0.3, 0.4) is 0 Å². The number of aliphatic imine (C=N–C) groups is 1. The zero-order valence-corrected chi connectivity index (χ0v) is 15.0. The monoisotopic (exact) mass is 314 g/mol. The molecule has 0 radical (unpaired) electrons. The zero-order chi connectivity index (χ0) is 17.2. The van der Waals surface area contributed by atoms with E-state index < -0.39 is 5.41 Å². The average molecular weight is 314 g/mol. The molecule has 0 aliphatic heterocycles. The Labute approximate surface area is 135 Å². The van der Waals surface area contributed by atoms with Gasteiger partial charge in [-0.25, -0.2) is 0 Å². The van der Waals surface area contributed by atoms with Crippen LogP contribution < -0.4 is 16.4 Å². The Morgan fingerprint density at radius 1 is 1.27 bits per heavy atom. The smallest absolute Gasteiger partial charge is 0.224 e. The molecule has 0 saturated carbocycles. The number of carbonyl (C=O) groups is 1. The van der Waals surface area contributed by atoms with Crippen molar-refractivity contribution in [2.45, 2.75) is 54.1 Å². The summed E-state index contributed by atoms with van der Waals surface area (Å²) in [4.78, 5) is 15.8. The van der Waals surface area contributed by atoms with E-state index in [-0.39, 0.29) is 12.0 Å². The summed E-state index contributed by atoms with van der Waals surface area (Å²) >= 11 is 0. The number of hydrogen-bond acceptors (Lipinski definition) is 3. The minimum absolute atomic E-state index is 0.238. The first-order chi connectivity index (χ1) is 10.2. The molecule has 130 valence electrons. The summed E-state index contributed by atoms with van der Waals surface area (Å²) in [5, 5.41) is 6.46. The maximum absolute atomic E-state index is 11.3. The van der Waals surface area contributed by atoms with Gasteiger partial charge in [0, 0.05) is 19.7 Å². The fraction of sp³-hybridized carbons (Fsp3) is 0.875. The number of primary amides is 1. The first-order valence-corrected chi connectivity index (χ1v) is 8.18. The Morgan fingerprint density at radius 3 is 2.36 bits per heavy atom. The van der Waals surface area contributed by atoms with E-state index in [0.29, 0.717) is 18.4 Å². The SMILES string of the molecule is CCNC(=NCC(C)(C)C(N)=O)NCCC(OCC)C(C)C. The molecule has 0 aromatic heterocycles. The minimum atomic E-state index is -0.645. The first-order valence-electron chi connectivity index (χ1n) is 8.18. The predicted molar refractivity (Wildman–Crippen MR) is 91.8 cm³/mol. The molecule has 0 saturated heterocycles. The largest absolute Gasteiger partial charge is 0.378 e. The number of amides is 1. The number of carbonyl (C=O) groups excluding carboxylic acids is 1. The van der Waals surface area contributed by atoms with Crippen LogP contribution in [0.25, 0.3) is 0 Å². The molecular weight excluding hydrogens is 280 g/mol. The van der Waals surface area contributed by atoms with Crippen molar-refractivity contribution in [1.29, 1.82) is 0 Å². The van der Waals surface area contributed by atoms with E-state index in [1.165, 1.54) is 0 Å². The summed E-state index contributed by atoms with van der Waals surface area (Å²) in [6.07, 6.45) is 1.15. The molecule has 1 atom stereocenters. The second kappa shape index (κ2) is 10.4. The molecule has 4 N–H and O–H groups in total. The van der Waals surface area contributed by atoms with Gasteiger partial charge in [0.15, 0.2) is 5.96 Å². The van der Waals surface area contributed by atoms with E-state index in [9.17, 15) is 4.79 Å². The normalized spacial score (nSPS) is 14.0. The van der Waals surface area contributed by atoms with Gasteiger partial charge in [-0.2, -0.15) is 0 Å². The fourth-order valence-electron chi connectivity index (χ4n) is 1.85. The highest BCUT2D eigenvalue weighted by molar-refractivity contribution is 5.82. The molecule has 0 fully saturated rings. The highest BCUT2D eigenvalue weighted by atomic mass is 16.5. The van der Waals surface area contributed by atoms with E-state index in [4.69, 9.17) is 10.5 Å². The number of nitrogens with one attached hydrogen (secondary N) is 2. The molecule has 22 heavy (non-hydrogen) atoms. The van der Waals surface area contributed by atoms with Gasteiger partial charge in [0.05, 0.1) is 18.1 Å². The summed E-state index contributed by atoms with van der Waals surface area (Å²) in [5.74, 6) is 0.842. The molecule has 6 heteroatoms. The lowest BCUT2D eigenvalue weighted by Crippen LogP contribution is -2.41. The van der Waals surface area contributed by atoms with Crippen LogP contribution in [0.1, 0.15) is 48.0 Å². The number of nitrogens with zero attached hydrogens (tertiary/aromatic N) is 1. The molecule has 0 bridgehead atoms. The van der Waals surface area contributed by atoms with Crippen molar-refractivity contribution in [3.05, 3.63) is 0 Å². The molecule has 0 aromatic rings. The van der Waals surface area contributed by atoms with Crippen molar-refractivity contribution < 1.29 is 9.53 Å². The Balaban J connectivity index is 4.49. The van der Waals surface area contributed by atoms with Crippen LogP contribution in [0.4, 0.5) is 0 Å². The molecule has 0 rings (SSSR count). The van der Waals surface area contributed by atoms with Crippen molar-refractivity contribution in [2.75, 3.05) is 26.2 Å². The van der Waals surface area contributed by atoms with Gasteiger partial charge in [-0.3, -0.25) is 9.79 Å². The third-order valence-corrected chi connectivity index (χ3v) is 3.49. The van der Waals surface area contributed by atoms with E-state index in [0.717, 1.165) is 26.1 Å². The number of rotatable bonds is 10. The van der Waals surface area contributed by atoms with Crippen LogP contribution in [-0.4, -0.2) is 44.2 Å². The Kier molecular flexibility index (Phi) is 9.81. The van der Waals surface area contributed by atoms with Crippen molar-refractivity contribution >= 4 is 11.9 Å². The van der Waals surface area contributed by atoms with Crippen LogP contribution in [0.5, 0.6) is 0 Å². The van der Waals surface area contributed by atoms with Crippen LogP contribution >= 0.6 is 0 Å². The minimum Gasteiger partial charge on any atom is -0.378 e. The standard InChI is InChI=1S/C16H34N4O2/c1-7-18-15(20-11-16(5,6)14(17)21)19-10-9-13(12(3)4)22-8-2/h12-13H,7-11H2,1-6H3,(H2,17,21)(H2,18,19,20). The Bertz CT molecular complexity index is 354. The molecule has 0 aromatic carbocycles. The van der Waals surface area contributed by atoms with E-state index in [2.05, 4.69) is 29.5 Å². The quantitative estimate of drug-likeness (QED) is 0.421. The van der Waals surface area contributed by atoms with E-state index >= 15 is 0 Å². The molecular formula is C16H34N4O2. The summed E-state index contributed by atoms with van der Waals surface area (Å²) in [6, 6.07) is 0. The van der Waals surface area contributed by atoms with E-state index in [1.54, 1.807) is 13.8 Å². The lowest BCUT2D eigenvalue weighted by molar-refractivity contribution is -0.125. The topological polar surface area (TPSA) is 88.7 Å². The highest BCUT2D eigenvalue weighted by Crippen LogP contribution is 2.14. The van der Waals surface area contributed by atoms with Crippen LogP contribution in [0.15, 0.2) is 4.99 Å². The second-order valence-electron chi connectivity index (χ2n) is 6.40. The van der Waals surface area contributed by atoms with Gasteiger partial charge in [0.2, 0.25) is 5.91 Å². The predicted octanol–water partition coefficient (Wildman–Crippen LogP) is 1.50. The average Bonchev–Trinajstić information content (AvgIpc) is 2.43. The molecule has 1 amide bonds. The lowest BCUT2D eigenvalue weighted by atomic mass is 9.93. The third-order valence-electron chi connectivity index (χ3n) is 3.49. The van der Waals surface area contributed by atoms with Crippen LogP contribution in [0, 0.1) is 11.3 Å². The Hall–Kier alpha value is -1.30. The molecule has 0 aliphatic carbocycles. The maximum Gasteiger partial charge on any atom is 0.224 e. The fourth-order valence-corrected chi connectivity index (χ4v) is 1.85. The molecule has 0 heterocycles. The van der Waals surface area contributed by atoms with Gasteiger partial charge >= 0.3 is 0 Å². The van der Waals surface area contributed by atoms with Gasteiger partial charge < -0.3 is 21.1 Å².